The first-order chi connectivity index (χ1) is 14.5. The third-order valence-electron chi connectivity index (χ3n) is 5.83. The standard InChI is InChI=1S/C24H27N3O3/c1-16(2)13-14-26-23(29)19-9-5-6-10-21(19)27(24(26)30)15-22(28)25-20-12-11-17-7-3-4-8-18(17)20/h3-10,16,20H,11-15H2,1-2H3,(H,25,28)/t20-/m0/s1. The lowest BCUT2D eigenvalue weighted by Crippen LogP contribution is -2.43. The van der Waals surface area contributed by atoms with Gasteiger partial charge >= 0.3 is 5.69 Å². The molecule has 2 aromatic carbocycles. The van der Waals surface area contributed by atoms with E-state index in [9.17, 15) is 14.4 Å². The summed E-state index contributed by atoms with van der Waals surface area (Å²) in [5.41, 5.74) is 2.17. The fourth-order valence-corrected chi connectivity index (χ4v) is 4.20. The molecule has 3 aromatic rings. The molecule has 0 radical (unpaired) electrons. The number of aryl methyl sites for hydroxylation is 1. The monoisotopic (exact) mass is 405 g/mol. The van der Waals surface area contributed by atoms with Gasteiger partial charge in [0.1, 0.15) is 6.54 Å². The molecule has 1 aliphatic carbocycles. The van der Waals surface area contributed by atoms with Crippen LogP contribution < -0.4 is 16.6 Å². The minimum absolute atomic E-state index is 0.0393. The highest BCUT2D eigenvalue weighted by atomic mass is 16.2. The molecule has 1 aliphatic rings. The molecule has 1 amide bonds. The van der Waals surface area contributed by atoms with E-state index in [0.29, 0.717) is 23.4 Å². The fourth-order valence-electron chi connectivity index (χ4n) is 4.20. The summed E-state index contributed by atoms with van der Waals surface area (Å²) >= 11 is 0. The molecule has 0 spiro atoms. The lowest BCUT2D eigenvalue weighted by atomic mass is 10.1. The molecule has 1 N–H and O–H groups in total. The molecular weight excluding hydrogens is 378 g/mol. The van der Waals surface area contributed by atoms with Gasteiger partial charge in [-0.3, -0.25) is 18.7 Å². The predicted octanol–water partition coefficient (Wildman–Crippen LogP) is 3.01. The number of para-hydroxylation sites is 1. The third-order valence-corrected chi connectivity index (χ3v) is 5.83. The van der Waals surface area contributed by atoms with Crippen LogP contribution in [0.3, 0.4) is 0 Å². The van der Waals surface area contributed by atoms with Gasteiger partial charge in [-0.25, -0.2) is 4.79 Å². The second-order valence-electron chi connectivity index (χ2n) is 8.38. The van der Waals surface area contributed by atoms with Gasteiger partial charge in [-0.2, -0.15) is 0 Å². The zero-order chi connectivity index (χ0) is 21.3. The molecule has 0 bridgehead atoms. The maximum atomic E-state index is 13.1. The van der Waals surface area contributed by atoms with Crippen molar-refractivity contribution >= 4 is 16.8 Å². The highest BCUT2D eigenvalue weighted by Gasteiger charge is 2.24. The van der Waals surface area contributed by atoms with Crippen molar-refractivity contribution in [2.45, 2.75) is 52.2 Å². The first-order valence-corrected chi connectivity index (χ1v) is 10.5. The van der Waals surface area contributed by atoms with Crippen LogP contribution in [0.1, 0.15) is 43.9 Å². The van der Waals surface area contributed by atoms with Gasteiger partial charge < -0.3 is 5.32 Å². The number of nitrogens with zero attached hydrogens (tertiary/aromatic N) is 2. The maximum Gasteiger partial charge on any atom is 0.331 e. The molecule has 6 nitrogen and oxygen atoms in total. The van der Waals surface area contributed by atoms with Crippen LogP contribution in [0.25, 0.3) is 10.9 Å². The smallest absolute Gasteiger partial charge is 0.331 e. The van der Waals surface area contributed by atoms with E-state index in [1.807, 2.05) is 18.2 Å². The number of hydrogen-bond donors (Lipinski definition) is 1. The number of rotatable bonds is 6. The molecule has 6 heteroatoms. The number of amides is 1. The fraction of sp³-hybridized carbons (Fsp3) is 0.375. The van der Waals surface area contributed by atoms with Gasteiger partial charge in [0.2, 0.25) is 5.91 Å². The van der Waals surface area contributed by atoms with Crippen molar-refractivity contribution in [1.29, 1.82) is 0 Å². The van der Waals surface area contributed by atoms with Crippen LogP contribution in [-0.4, -0.2) is 15.0 Å². The minimum Gasteiger partial charge on any atom is -0.348 e. The predicted molar refractivity (Wildman–Crippen MR) is 118 cm³/mol. The Bertz CT molecular complexity index is 1210. The molecule has 1 atom stereocenters. The van der Waals surface area contributed by atoms with E-state index in [2.05, 4.69) is 25.2 Å². The van der Waals surface area contributed by atoms with Crippen LogP contribution in [0.2, 0.25) is 0 Å². The molecule has 0 fully saturated rings. The molecule has 4 rings (SSSR count). The molecule has 0 saturated heterocycles. The van der Waals surface area contributed by atoms with Gasteiger partial charge in [-0.1, -0.05) is 50.2 Å². The Kier molecular flexibility index (Phi) is 5.57. The number of carbonyl (C=O) groups excluding carboxylic acids is 1. The summed E-state index contributed by atoms with van der Waals surface area (Å²) in [4.78, 5) is 38.9. The number of fused-ring (bicyclic) bond motifs is 2. The summed E-state index contributed by atoms with van der Waals surface area (Å²) in [6, 6.07) is 15.1. The quantitative estimate of drug-likeness (QED) is 0.685. The molecule has 0 aliphatic heterocycles. The maximum absolute atomic E-state index is 13.1. The van der Waals surface area contributed by atoms with Gasteiger partial charge in [0.25, 0.3) is 5.56 Å². The molecule has 156 valence electrons. The Balaban J connectivity index is 1.66. The molecule has 30 heavy (non-hydrogen) atoms. The first kappa shape index (κ1) is 20.1. The second kappa shape index (κ2) is 8.30. The van der Waals surface area contributed by atoms with Crippen LogP contribution in [0.15, 0.2) is 58.1 Å². The van der Waals surface area contributed by atoms with Crippen molar-refractivity contribution < 1.29 is 4.79 Å². The lowest BCUT2D eigenvalue weighted by Gasteiger charge is -2.17. The summed E-state index contributed by atoms with van der Waals surface area (Å²) in [5.74, 6) is 0.139. The zero-order valence-corrected chi connectivity index (χ0v) is 17.4. The van der Waals surface area contributed by atoms with Crippen molar-refractivity contribution in [1.82, 2.24) is 14.5 Å². The number of nitrogens with one attached hydrogen (secondary N) is 1. The lowest BCUT2D eigenvalue weighted by molar-refractivity contribution is -0.122. The molecular formula is C24H27N3O3. The molecule has 1 heterocycles. The van der Waals surface area contributed by atoms with Crippen LogP contribution in [-0.2, 0) is 24.3 Å². The van der Waals surface area contributed by atoms with Crippen molar-refractivity contribution in [3.8, 4) is 0 Å². The average Bonchev–Trinajstić information content (AvgIpc) is 3.14. The van der Waals surface area contributed by atoms with E-state index in [0.717, 1.165) is 24.8 Å². The zero-order valence-electron chi connectivity index (χ0n) is 17.4. The van der Waals surface area contributed by atoms with Crippen LogP contribution in [0, 0.1) is 5.92 Å². The Morgan fingerprint density at radius 2 is 1.80 bits per heavy atom. The Hall–Kier alpha value is -3.15. The highest BCUT2D eigenvalue weighted by Crippen LogP contribution is 2.30. The van der Waals surface area contributed by atoms with E-state index in [4.69, 9.17) is 0 Å². The number of carbonyl (C=O) groups is 1. The SMILES string of the molecule is CC(C)CCn1c(=O)c2ccccc2n(CC(=O)N[C@H]2CCc3ccccc32)c1=O. The van der Waals surface area contributed by atoms with Gasteiger partial charge in [0.15, 0.2) is 0 Å². The normalized spacial score (nSPS) is 15.5. The minimum atomic E-state index is -0.429. The summed E-state index contributed by atoms with van der Waals surface area (Å²) in [6.07, 6.45) is 2.51. The van der Waals surface area contributed by atoms with Crippen molar-refractivity contribution in [2.24, 2.45) is 5.92 Å². The largest absolute Gasteiger partial charge is 0.348 e. The Morgan fingerprint density at radius 3 is 2.60 bits per heavy atom. The highest BCUT2D eigenvalue weighted by molar-refractivity contribution is 5.82. The van der Waals surface area contributed by atoms with Crippen LogP contribution >= 0.6 is 0 Å². The number of hydrogen-bond acceptors (Lipinski definition) is 3. The van der Waals surface area contributed by atoms with Crippen molar-refractivity contribution in [3.05, 3.63) is 80.5 Å². The summed E-state index contributed by atoms with van der Waals surface area (Å²) in [7, 11) is 0. The van der Waals surface area contributed by atoms with E-state index in [1.165, 1.54) is 14.7 Å². The molecule has 0 saturated carbocycles. The van der Waals surface area contributed by atoms with Gasteiger partial charge in [-0.15, -0.1) is 0 Å². The second-order valence-corrected chi connectivity index (χ2v) is 8.38. The van der Waals surface area contributed by atoms with Crippen LogP contribution in [0.4, 0.5) is 0 Å². The summed E-state index contributed by atoms with van der Waals surface area (Å²) < 4.78 is 2.69. The van der Waals surface area contributed by atoms with E-state index >= 15 is 0 Å². The van der Waals surface area contributed by atoms with E-state index < -0.39 is 5.69 Å². The summed E-state index contributed by atoms with van der Waals surface area (Å²) in [6.45, 7) is 4.34. The van der Waals surface area contributed by atoms with E-state index in [1.54, 1.807) is 24.3 Å². The van der Waals surface area contributed by atoms with Gasteiger partial charge in [0.05, 0.1) is 16.9 Å². The average molecular weight is 405 g/mol. The topological polar surface area (TPSA) is 73.1 Å². The number of benzene rings is 2. The molecule has 1 aromatic heterocycles. The van der Waals surface area contributed by atoms with Crippen LogP contribution in [0.5, 0.6) is 0 Å². The molecule has 0 unspecified atom stereocenters. The Morgan fingerprint density at radius 1 is 1.07 bits per heavy atom. The van der Waals surface area contributed by atoms with Crippen molar-refractivity contribution in [2.75, 3.05) is 0 Å². The third kappa shape index (κ3) is 3.82. The van der Waals surface area contributed by atoms with Crippen molar-refractivity contribution in [3.63, 3.8) is 0 Å². The van der Waals surface area contributed by atoms with Gasteiger partial charge in [-0.05, 0) is 48.4 Å². The van der Waals surface area contributed by atoms with E-state index in [-0.39, 0.29) is 24.1 Å². The van der Waals surface area contributed by atoms with Gasteiger partial charge in [0, 0.05) is 6.54 Å². The Labute approximate surface area is 175 Å². The number of aromatic nitrogens is 2. The first-order valence-electron chi connectivity index (χ1n) is 10.5. The summed E-state index contributed by atoms with van der Waals surface area (Å²) in [5, 5.41) is 3.53.